The molecule has 0 aromatic heterocycles. The normalized spacial score (nSPS) is 7.25. The van der Waals surface area contributed by atoms with Crippen LogP contribution in [0.1, 0.15) is 0 Å². The van der Waals surface area contributed by atoms with Crippen LogP contribution in [0.25, 0.3) is 0 Å². The standard InChI is InChI=1S/ClH.Fe.Mn.H2O4S/c;;;1-5(2,3)4/h1H;;;(H2,1,2,3,4)/q;2*+2;/p-3. The van der Waals surface area contributed by atoms with E-state index in [9.17, 15) is 0 Å². The monoisotopic (exact) mass is 242 g/mol. The molecule has 0 atom stereocenters. The van der Waals surface area contributed by atoms with Gasteiger partial charge in [0.15, 0.2) is 0 Å². The number of hydrogen-bond donors (Lipinski definition) is 0. The molecule has 51 valence electrons. The van der Waals surface area contributed by atoms with Crippen molar-refractivity contribution in [3.05, 3.63) is 0 Å². The van der Waals surface area contributed by atoms with Crippen molar-refractivity contribution in [1.82, 2.24) is 0 Å². The second-order valence-electron chi connectivity index (χ2n) is 0.408. The second kappa shape index (κ2) is 8.20. The molecule has 0 fully saturated rings. The van der Waals surface area contributed by atoms with Gasteiger partial charge in [-0.3, -0.25) is 8.42 Å². The molecule has 0 bridgehead atoms. The Kier molecular flexibility index (Phi) is 23.4. The quantitative estimate of drug-likeness (QED) is 0.244. The topological polar surface area (TPSA) is 80.3 Å². The Hall–Kier alpha value is 1.20. The molecule has 0 heterocycles. The average molecular weight is 242 g/mol. The first kappa shape index (κ1) is 22.9. The molecule has 0 unspecified atom stereocenters. The van der Waals surface area contributed by atoms with E-state index in [4.69, 9.17) is 17.5 Å². The first-order valence-corrected chi connectivity index (χ1v) is 2.00. The van der Waals surface area contributed by atoms with E-state index in [0.29, 0.717) is 0 Å². The van der Waals surface area contributed by atoms with Crippen LogP contribution in [0.2, 0.25) is 0 Å². The van der Waals surface area contributed by atoms with E-state index in [1.807, 2.05) is 0 Å². The van der Waals surface area contributed by atoms with Crippen LogP contribution in [-0.2, 0) is 44.5 Å². The Morgan fingerprint density at radius 2 is 1.12 bits per heavy atom. The van der Waals surface area contributed by atoms with Gasteiger partial charge in [-0.2, -0.15) is 0 Å². The summed E-state index contributed by atoms with van der Waals surface area (Å²) in [7, 11) is -5.17. The van der Waals surface area contributed by atoms with Gasteiger partial charge < -0.3 is 21.5 Å². The first-order chi connectivity index (χ1) is 2.00. The Balaban J connectivity index is -0.0000000267. The third kappa shape index (κ3) is 192. The molecule has 8 heavy (non-hydrogen) atoms. The summed E-state index contributed by atoms with van der Waals surface area (Å²) >= 11 is 0. The Labute approximate surface area is 74.4 Å². The molecule has 0 rings (SSSR count). The minimum absolute atomic E-state index is 0. The largest absolute Gasteiger partial charge is 2.00 e. The number of halogens is 1. The summed E-state index contributed by atoms with van der Waals surface area (Å²) in [6, 6.07) is 0. The van der Waals surface area contributed by atoms with Gasteiger partial charge in [-0.15, -0.1) is 0 Å². The van der Waals surface area contributed by atoms with E-state index >= 15 is 0 Å². The molecule has 8 heteroatoms. The van der Waals surface area contributed by atoms with Crippen molar-refractivity contribution in [1.29, 1.82) is 0 Å². The van der Waals surface area contributed by atoms with Crippen molar-refractivity contribution in [2.45, 2.75) is 0 Å². The van der Waals surface area contributed by atoms with Crippen LogP contribution in [0.3, 0.4) is 0 Å². The second-order valence-corrected chi connectivity index (χ2v) is 1.22. The molecule has 1 radical (unpaired) electrons. The van der Waals surface area contributed by atoms with Gasteiger partial charge in [0.25, 0.3) is 0 Å². The summed E-state index contributed by atoms with van der Waals surface area (Å²) in [5.74, 6) is 0. The van der Waals surface area contributed by atoms with E-state index in [1.165, 1.54) is 0 Å². The van der Waals surface area contributed by atoms with E-state index in [2.05, 4.69) is 0 Å². The zero-order valence-electron chi connectivity index (χ0n) is 3.15. The summed E-state index contributed by atoms with van der Waals surface area (Å²) in [5, 5.41) is 0. The SMILES string of the molecule is O=S(=O)([O-])[O-].[Cl-].[Fe+2].[Mn+2]. The summed E-state index contributed by atoms with van der Waals surface area (Å²) in [5.41, 5.74) is 0. The van der Waals surface area contributed by atoms with Crippen LogP contribution in [-0.4, -0.2) is 17.5 Å². The molecule has 0 aliphatic heterocycles. The Bertz CT molecular complexity index is 99.2. The molecule has 0 saturated heterocycles. The van der Waals surface area contributed by atoms with Crippen molar-refractivity contribution >= 4 is 10.4 Å². The smallest absolute Gasteiger partial charge is 1.00 e. The minimum atomic E-state index is -5.17. The summed E-state index contributed by atoms with van der Waals surface area (Å²) in [4.78, 5) is 0. The Morgan fingerprint density at radius 3 is 1.12 bits per heavy atom. The number of hydrogen-bond acceptors (Lipinski definition) is 4. The van der Waals surface area contributed by atoms with Gasteiger partial charge in [0.1, 0.15) is 0 Å². The van der Waals surface area contributed by atoms with E-state index in [1.54, 1.807) is 0 Å². The minimum Gasteiger partial charge on any atom is -1.00 e. The first-order valence-electron chi connectivity index (χ1n) is 0.667. The van der Waals surface area contributed by atoms with E-state index < -0.39 is 10.4 Å². The Morgan fingerprint density at radius 1 is 1.12 bits per heavy atom. The van der Waals surface area contributed by atoms with E-state index in [-0.39, 0.29) is 46.5 Å². The van der Waals surface area contributed by atoms with Crippen LogP contribution in [0.15, 0.2) is 0 Å². The summed E-state index contributed by atoms with van der Waals surface area (Å²) in [6.07, 6.45) is 0. The average Bonchev–Trinajstić information content (AvgIpc) is 0.722. The predicted octanol–water partition coefficient (Wildman–Crippen LogP) is -4.34. The van der Waals surface area contributed by atoms with Crippen molar-refractivity contribution in [3.63, 3.8) is 0 Å². The van der Waals surface area contributed by atoms with Crippen molar-refractivity contribution in [3.8, 4) is 0 Å². The maximum atomic E-state index is 8.52. The van der Waals surface area contributed by atoms with Gasteiger partial charge in [0.05, 0.1) is 0 Å². The molecule has 0 aromatic rings. The van der Waals surface area contributed by atoms with Crippen LogP contribution in [0.5, 0.6) is 0 Å². The predicted molar refractivity (Wildman–Crippen MR) is 10.5 cm³/mol. The molecule has 0 spiro atoms. The van der Waals surface area contributed by atoms with Crippen LogP contribution in [0.4, 0.5) is 0 Å². The van der Waals surface area contributed by atoms with Crippen LogP contribution < -0.4 is 12.4 Å². The van der Waals surface area contributed by atoms with Crippen molar-refractivity contribution < 1.29 is 64.1 Å². The van der Waals surface area contributed by atoms with Gasteiger partial charge in [-0.1, -0.05) is 0 Å². The summed E-state index contributed by atoms with van der Waals surface area (Å²) in [6.45, 7) is 0. The van der Waals surface area contributed by atoms with Crippen LogP contribution in [0, 0.1) is 0 Å². The maximum absolute atomic E-state index is 8.52. The van der Waals surface area contributed by atoms with Gasteiger partial charge in [-0.05, 0) is 0 Å². The molecule has 0 amide bonds. The molecule has 4 nitrogen and oxygen atoms in total. The fourth-order valence-electron chi connectivity index (χ4n) is 0. The van der Waals surface area contributed by atoms with E-state index in [0.717, 1.165) is 0 Å². The fraction of sp³-hybridized carbons (Fsp3) is 0. The van der Waals surface area contributed by atoms with Crippen molar-refractivity contribution in [2.24, 2.45) is 0 Å². The van der Waals surface area contributed by atoms with Crippen LogP contribution >= 0.6 is 0 Å². The zero-order valence-corrected chi connectivity index (χ0v) is 7.01. The molecular weight excluding hydrogens is 242 g/mol. The fourth-order valence-corrected chi connectivity index (χ4v) is 0. The molecule has 0 aliphatic carbocycles. The maximum Gasteiger partial charge on any atom is 2.00 e. The van der Waals surface area contributed by atoms with Gasteiger partial charge in [0.2, 0.25) is 0 Å². The molecule has 0 saturated carbocycles. The van der Waals surface area contributed by atoms with Crippen molar-refractivity contribution in [2.75, 3.05) is 0 Å². The third-order valence-electron chi connectivity index (χ3n) is 0. The number of rotatable bonds is 0. The van der Waals surface area contributed by atoms with Gasteiger partial charge >= 0.3 is 34.1 Å². The van der Waals surface area contributed by atoms with Gasteiger partial charge in [-0.25, -0.2) is 0 Å². The van der Waals surface area contributed by atoms with Gasteiger partial charge in [0, 0.05) is 10.4 Å². The zero-order chi connectivity index (χ0) is 4.50. The molecular formula is ClFeMnO4S+. The third-order valence-corrected chi connectivity index (χ3v) is 0. The molecule has 0 N–H and O–H groups in total. The summed E-state index contributed by atoms with van der Waals surface area (Å²) < 4.78 is 34.1. The molecule has 0 aliphatic rings. The molecule has 0 aromatic carbocycles.